The predicted molar refractivity (Wildman–Crippen MR) is 61.9 cm³/mol. The molecule has 1 amide bonds. The van der Waals surface area contributed by atoms with Crippen LogP contribution in [0.5, 0.6) is 0 Å². The van der Waals surface area contributed by atoms with Gasteiger partial charge in [0, 0.05) is 132 Å². The summed E-state index contributed by atoms with van der Waals surface area (Å²) in [5.74, 6) is -2.31. The normalized spacial score (nSPS) is 29.3. The first-order valence-corrected chi connectivity index (χ1v) is 5.95. The molecule has 5 atom stereocenters. The van der Waals surface area contributed by atoms with Gasteiger partial charge in [0.2, 0.25) is 0 Å². The number of aliphatic hydroxyl groups excluding tert-OH is 3. The number of nitrogens with one attached hydrogen (secondary N) is 1. The van der Waals surface area contributed by atoms with E-state index >= 15 is 0 Å². The molecule has 13 heteroatoms. The number of amides is 1. The summed E-state index contributed by atoms with van der Waals surface area (Å²) in [5.41, 5.74) is 0. The molecule has 0 spiro atoms. The quantitative estimate of drug-likeness (QED) is 0.255. The summed E-state index contributed by atoms with van der Waals surface area (Å²) in [6.45, 7) is 2.51. The minimum atomic E-state index is -5.17. The second-order valence-electron chi connectivity index (χ2n) is 4.33. The van der Waals surface area contributed by atoms with Crippen LogP contribution >= 0.6 is 0 Å². The van der Waals surface area contributed by atoms with Gasteiger partial charge in [0.1, 0.15) is 24.4 Å². The Morgan fingerprint density at radius 2 is 1.79 bits per heavy atom. The van der Waals surface area contributed by atoms with Crippen LogP contribution in [-0.4, -0.2) is 71.3 Å². The van der Waals surface area contributed by atoms with E-state index in [1.54, 1.807) is 0 Å². The molecule has 0 unspecified atom stereocenters. The summed E-state index contributed by atoms with van der Waals surface area (Å²) in [6, 6.07) is -1.66. The van der Waals surface area contributed by atoms with Crippen molar-refractivity contribution in [2.24, 2.45) is 0 Å². The second-order valence-corrected chi connectivity index (χ2v) is 4.33. The van der Waals surface area contributed by atoms with Crippen LogP contribution in [0.15, 0.2) is 12.7 Å². The number of alkyl halides is 3. The molecule has 0 aromatic heterocycles. The number of carbonyl (C=O) groups is 1. The zero-order chi connectivity index (χ0) is 16.2. The number of halogens is 3. The average Bonchev–Trinajstić information content (AvgIpc) is 2.41. The van der Waals surface area contributed by atoms with E-state index in [9.17, 15) is 28.2 Å². The van der Waals surface area contributed by atoms with Gasteiger partial charge in [-0.25, -0.2) is 0 Å². The Hall–Kier alpha value is 3.12. The Kier molecular flexibility index (Phi) is 19.9. The van der Waals surface area contributed by atoms with Crippen LogP contribution in [0, 0.1) is 132 Å². The van der Waals surface area contributed by atoms with Gasteiger partial charge in [0.25, 0.3) is 0 Å². The van der Waals surface area contributed by atoms with Crippen LogP contribution in [0.3, 0.4) is 0 Å². The largest absolute Gasteiger partial charge is 0.471 e. The molecule has 1 aliphatic heterocycles. The maximum Gasteiger partial charge on any atom is 0.471 e. The SMILES string of the molecule is C=CCO[C@H]1O[C@H](CO)[C@@H](O)[C@H](O)[C@H]1NC(=O)C(F)(F)F.[Ac].[Ac].[Ac]. The van der Waals surface area contributed by atoms with Crippen LogP contribution < -0.4 is 5.32 Å². The summed E-state index contributed by atoms with van der Waals surface area (Å²) >= 11 is 0. The van der Waals surface area contributed by atoms with E-state index < -0.39 is 49.3 Å². The molecule has 1 rings (SSSR count). The molecule has 3 radical (unpaired) electrons. The minimum Gasteiger partial charge on any atom is -0.394 e. The van der Waals surface area contributed by atoms with Gasteiger partial charge in [0.05, 0.1) is 13.2 Å². The molecule has 1 heterocycles. The average molecular weight is 996 g/mol. The summed E-state index contributed by atoms with van der Waals surface area (Å²) < 4.78 is 46.8. The maximum atomic E-state index is 12.3. The molecule has 4 N–H and O–H groups in total. The Morgan fingerprint density at radius 3 is 2.21 bits per heavy atom. The van der Waals surface area contributed by atoms with Crippen molar-refractivity contribution < 1.29 is 175 Å². The van der Waals surface area contributed by atoms with Crippen molar-refractivity contribution in [3.05, 3.63) is 12.7 Å². The van der Waals surface area contributed by atoms with E-state index in [-0.39, 0.29) is 139 Å². The van der Waals surface area contributed by atoms with Crippen LogP contribution in [0.4, 0.5) is 13.2 Å². The Balaban J connectivity index is -0.00000147. The summed E-state index contributed by atoms with van der Waals surface area (Å²) in [7, 11) is 0. The van der Waals surface area contributed by atoms with Crippen LogP contribution in [0.1, 0.15) is 0 Å². The molecular formula is C11H16Ac3F3NO6. The van der Waals surface area contributed by atoms with E-state index in [4.69, 9.17) is 14.6 Å². The first-order chi connectivity index (χ1) is 9.72. The van der Waals surface area contributed by atoms with E-state index in [0.29, 0.717) is 0 Å². The summed E-state index contributed by atoms with van der Waals surface area (Å²) in [5, 5.41) is 29.9. The molecular weight excluding hydrogens is 980 g/mol. The number of aliphatic hydroxyl groups is 3. The molecule has 0 bridgehead atoms. The number of hydrogen-bond donors (Lipinski definition) is 4. The van der Waals surface area contributed by atoms with Crippen molar-refractivity contribution in [1.29, 1.82) is 0 Å². The maximum absolute atomic E-state index is 12.3. The standard InChI is InChI=1S/C11H16F3NO6.3Ac/c1-2-3-20-9-6(15-10(19)11(12,13)14)8(18)7(17)5(4-16)21-9;;;/h2,5-9,16-18H,1,3-4H2,(H,15,19);;;/t5-,6-,7-,8-,9+;;;/m1.../s1. The van der Waals surface area contributed by atoms with Gasteiger partial charge in [-0.3, -0.25) is 4.79 Å². The van der Waals surface area contributed by atoms with Crippen molar-refractivity contribution >= 4 is 5.91 Å². The smallest absolute Gasteiger partial charge is 0.394 e. The molecule has 131 valence electrons. The molecule has 24 heavy (non-hydrogen) atoms. The molecule has 0 aliphatic carbocycles. The fourth-order valence-corrected chi connectivity index (χ4v) is 1.77. The van der Waals surface area contributed by atoms with Crippen molar-refractivity contribution in [3.8, 4) is 0 Å². The number of rotatable bonds is 5. The Morgan fingerprint density at radius 1 is 1.25 bits per heavy atom. The van der Waals surface area contributed by atoms with Gasteiger partial charge < -0.3 is 30.1 Å². The fourth-order valence-electron chi connectivity index (χ4n) is 1.77. The van der Waals surface area contributed by atoms with Crippen LogP contribution in [-0.2, 0) is 14.3 Å². The van der Waals surface area contributed by atoms with Gasteiger partial charge in [-0.05, 0) is 0 Å². The monoisotopic (exact) mass is 996 g/mol. The van der Waals surface area contributed by atoms with Gasteiger partial charge in [-0.15, -0.1) is 6.58 Å². The predicted octanol–water partition coefficient (Wildman–Crippen LogP) is -1.32. The Labute approximate surface area is 244 Å². The van der Waals surface area contributed by atoms with Gasteiger partial charge >= 0.3 is 12.1 Å². The second kappa shape index (κ2) is 15.0. The van der Waals surface area contributed by atoms with Crippen molar-refractivity contribution in [2.45, 2.75) is 36.8 Å². The number of ether oxygens (including phenoxy) is 2. The zero-order valence-corrected chi connectivity index (χ0v) is 26.8. The topological polar surface area (TPSA) is 108 Å². The van der Waals surface area contributed by atoms with Crippen LogP contribution in [0.25, 0.3) is 0 Å². The molecule has 0 aromatic rings. The van der Waals surface area contributed by atoms with Gasteiger partial charge in [-0.2, -0.15) is 13.2 Å². The first-order valence-electron chi connectivity index (χ1n) is 5.95. The van der Waals surface area contributed by atoms with Gasteiger partial charge in [-0.1, -0.05) is 6.08 Å². The Bertz CT molecular complexity index is 391. The van der Waals surface area contributed by atoms with E-state index in [2.05, 4.69) is 6.58 Å². The molecule has 7 nitrogen and oxygen atoms in total. The van der Waals surface area contributed by atoms with Crippen molar-refractivity contribution in [3.63, 3.8) is 0 Å². The minimum absolute atomic E-state index is 0. The molecule has 1 saturated heterocycles. The zero-order valence-electron chi connectivity index (χ0n) is 12.5. The summed E-state index contributed by atoms with van der Waals surface area (Å²) in [6.07, 6.45) is -10.1. The third-order valence-corrected chi connectivity index (χ3v) is 2.81. The number of hydrogen-bond acceptors (Lipinski definition) is 6. The number of carbonyl (C=O) groups excluding carboxylic acids is 1. The molecule has 0 saturated carbocycles. The van der Waals surface area contributed by atoms with Gasteiger partial charge in [0.15, 0.2) is 6.29 Å². The van der Waals surface area contributed by atoms with Crippen molar-refractivity contribution in [1.82, 2.24) is 5.32 Å². The molecule has 0 aromatic carbocycles. The van der Waals surface area contributed by atoms with E-state index in [1.165, 1.54) is 11.4 Å². The molecule has 1 fully saturated rings. The van der Waals surface area contributed by atoms with Crippen molar-refractivity contribution in [2.75, 3.05) is 13.2 Å². The molecule has 1 aliphatic rings. The van der Waals surface area contributed by atoms with Crippen LogP contribution in [0.2, 0.25) is 0 Å². The fraction of sp³-hybridized carbons (Fsp3) is 0.727. The third-order valence-electron chi connectivity index (χ3n) is 2.81. The third kappa shape index (κ3) is 9.55. The van der Waals surface area contributed by atoms with E-state index in [1.807, 2.05) is 0 Å². The van der Waals surface area contributed by atoms with E-state index in [0.717, 1.165) is 0 Å². The first kappa shape index (κ1) is 31.8. The summed E-state index contributed by atoms with van der Waals surface area (Å²) in [4.78, 5) is 10.9.